The molecule has 0 bridgehead atoms. The van der Waals surface area contributed by atoms with E-state index in [2.05, 4.69) is 5.32 Å². The van der Waals surface area contributed by atoms with Gasteiger partial charge in [-0.05, 0) is 55.5 Å². The third-order valence-electron chi connectivity index (χ3n) is 4.53. The number of nitrogens with zero attached hydrogens (tertiary/aromatic N) is 1. The van der Waals surface area contributed by atoms with Gasteiger partial charge >= 0.3 is 5.97 Å². The Morgan fingerprint density at radius 3 is 2.39 bits per heavy atom. The Morgan fingerprint density at radius 1 is 1.10 bits per heavy atom. The number of ether oxygens (including phenoxy) is 2. The van der Waals surface area contributed by atoms with Gasteiger partial charge in [0.2, 0.25) is 17.7 Å². The SMILES string of the molecule is CCOC(=O)c1ccc(N2C(=O)CC(SCC(=O)Nc3ccc(OC)cc3)C2=O)cc1. The van der Waals surface area contributed by atoms with Gasteiger partial charge in [0.1, 0.15) is 5.75 Å². The number of hydrogen-bond acceptors (Lipinski definition) is 7. The Bertz CT molecular complexity index is 975. The predicted molar refractivity (Wildman–Crippen MR) is 117 cm³/mol. The first-order valence-corrected chi connectivity index (χ1v) is 10.7. The first kappa shape index (κ1) is 22.4. The number of methoxy groups -OCH3 is 1. The molecular formula is C22H22N2O6S. The molecule has 0 aliphatic carbocycles. The second-order valence-electron chi connectivity index (χ2n) is 6.62. The number of nitrogens with one attached hydrogen (secondary N) is 1. The predicted octanol–water partition coefficient (Wildman–Crippen LogP) is 2.88. The molecule has 3 amide bonds. The highest BCUT2D eigenvalue weighted by Crippen LogP contribution is 2.30. The number of rotatable bonds is 8. The summed E-state index contributed by atoms with van der Waals surface area (Å²) in [5.41, 5.74) is 1.34. The van der Waals surface area contributed by atoms with Crippen LogP contribution in [0.25, 0.3) is 0 Å². The lowest BCUT2D eigenvalue weighted by Gasteiger charge is -2.15. The van der Waals surface area contributed by atoms with E-state index in [0.29, 0.717) is 22.7 Å². The van der Waals surface area contributed by atoms with E-state index in [1.54, 1.807) is 38.3 Å². The van der Waals surface area contributed by atoms with Crippen molar-refractivity contribution < 1.29 is 28.7 Å². The molecule has 1 unspecified atom stereocenters. The molecule has 0 saturated carbocycles. The van der Waals surface area contributed by atoms with Gasteiger partial charge in [-0.25, -0.2) is 9.69 Å². The highest BCUT2D eigenvalue weighted by atomic mass is 32.2. The minimum absolute atomic E-state index is 0.0128. The lowest BCUT2D eigenvalue weighted by atomic mass is 10.2. The number of carbonyl (C=O) groups is 4. The van der Waals surface area contributed by atoms with E-state index >= 15 is 0 Å². The van der Waals surface area contributed by atoms with E-state index in [0.717, 1.165) is 16.7 Å². The Labute approximate surface area is 183 Å². The quantitative estimate of drug-likeness (QED) is 0.495. The third kappa shape index (κ3) is 5.43. The zero-order chi connectivity index (χ0) is 22.4. The van der Waals surface area contributed by atoms with Crippen molar-refractivity contribution in [1.29, 1.82) is 0 Å². The molecule has 1 atom stereocenters. The number of carbonyl (C=O) groups excluding carboxylic acids is 4. The van der Waals surface area contributed by atoms with E-state index in [1.807, 2.05) is 0 Å². The summed E-state index contributed by atoms with van der Waals surface area (Å²) in [6.07, 6.45) is 0.0128. The molecule has 1 N–H and O–H groups in total. The van der Waals surface area contributed by atoms with Gasteiger partial charge in [-0.1, -0.05) is 0 Å². The van der Waals surface area contributed by atoms with Gasteiger partial charge < -0.3 is 14.8 Å². The molecule has 0 spiro atoms. The second-order valence-corrected chi connectivity index (χ2v) is 7.81. The van der Waals surface area contributed by atoms with Crippen LogP contribution in [0.4, 0.5) is 11.4 Å². The van der Waals surface area contributed by atoms with Gasteiger partial charge in [0.05, 0.1) is 36.0 Å². The molecule has 9 heteroatoms. The zero-order valence-corrected chi connectivity index (χ0v) is 17.9. The summed E-state index contributed by atoms with van der Waals surface area (Å²) in [5, 5.41) is 2.10. The zero-order valence-electron chi connectivity index (χ0n) is 17.1. The van der Waals surface area contributed by atoms with Gasteiger partial charge in [0, 0.05) is 12.1 Å². The minimum atomic E-state index is -0.640. The average molecular weight is 442 g/mol. The van der Waals surface area contributed by atoms with Crippen molar-refractivity contribution in [3.63, 3.8) is 0 Å². The summed E-state index contributed by atoms with van der Waals surface area (Å²) in [4.78, 5) is 50.2. The Balaban J connectivity index is 1.57. The smallest absolute Gasteiger partial charge is 0.338 e. The van der Waals surface area contributed by atoms with Crippen molar-refractivity contribution in [1.82, 2.24) is 0 Å². The average Bonchev–Trinajstić information content (AvgIpc) is 3.06. The number of anilines is 2. The topological polar surface area (TPSA) is 102 Å². The molecule has 31 heavy (non-hydrogen) atoms. The van der Waals surface area contributed by atoms with Crippen LogP contribution in [-0.2, 0) is 19.1 Å². The first-order valence-electron chi connectivity index (χ1n) is 9.62. The fraction of sp³-hybridized carbons (Fsp3) is 0.273. The van der Waals surface area contributed by atoms with Crippen LogP contribution < -0.4 is 15.0 Å². The number of amides is 3. The van der Waals surface area contributed by atoms with E-state index < -0.39 is 11.2 Å². The number of thioether (sulfide) groups is 1. The molecule has 0 aromatic heterocycles. The molecule has 1 aliphatic heterocycles. The molecule has 8 nitrogen and oxygen atoms in total. The maximum Gasteiger partial charge on any atom is 0.338 e. The number of benzene rings is 2. The Morgan fingerprint density at radius 2 is 1.77 bits per heavy atom. The number of hydrogen-bond donors (Lipinski definition) is 1. The summed E-state index contributed by atoms with van der Waals surface area (Å²) in [7, 11) is 1.56. The summed E-state index contributed by atoms with van der Waals surface area (Å²) in [6, 6.07) is 13.0. The van der Waals surface area contributed by atoms with Crippen LogP contribution in [0, 0.1) is 0 Å². The monoisotopic (exact) mass is 442 g/mol. The van der Waals surface area contributed by atoms with Crippen LogP contribution in [0.5, 0.6) is 5.75 Å². The fourth-order valence-corrected chi connectivity index (χ4v) is 3.95. The molecular weight excluding hydrogens is 420 g/mol. The van der Waals surface area contributed by atoms with Crippen LogP contribution >= 0.6 is 11.8 Å². The van der Waals surface area contributed by atoms with Crippen LogP contribution in [0.1, 0.15) is 23.7 Å². The largest absolute Gasteiger partial charge is 0.497 e. The van der Waals surface area contributed by atoms with Crippen molar-refractivity contribution in [2.75, 3.05) is 29.7 Å². The molecule has 2 aromatic carbocycles. The highest BCUT2D eigenvalue weighted by Gasteiger charge is 2.40. The van der Waals surface area contributed by atoms with Gasteiger partial charge in [0.25, 0.3) is 0 Å². The minimum Gasteiger partial charge on any atom is -0.497 e. The van der Waals surface area contributed by atoms with Crippen LogP contribution in [-0.4, -0.2) is 48.4 Å². The van der Waals surface area contributed by atoms with Crippen molar-refractivity contribution in [3.05, 3.63) is 54.1 Å². The van der Waals surface area contributed by atoms with Gasteiger partial charge in [-0.2, -0.15) is 0 Å². The lowest BCUT2D eigenvalue weighted by molar-refractivity contribution is -0.121. The molecule has 1 aliphatic rings. The molecule has 1 saturated heterocycles. The van der Waals surface area contributed by atoms with Crippen LogP contribution in [0.2, 0.25) is 0 Å². The molecule has 2 aromatic rings. The fourth-order valence-electron chi connectivity index (χ4n) is 3.01. The maximum absolute atomic E-state index is 12.7. The second kappa shape index (κ2) is 10.1. The van der Waals surface area contributed by atoms with Gasteiger partial charge in [-0.15, -0.1) is 11.8 Å². The highest BCUT2D eigenvalue weighted by molar-refractivity contribution is 8.01. The molecule has 0 radical (unpaired) electrons. The molecule has 1 fully saturated rings. The van der Waals surface area contributed by atoms with Crippen molar-refractivity contribution in [2.24, 2.45) is 0 Å². The number of esters is 1. The number of imide groups is 1. The third-order valence-corrected chi connectivity index (χ3v) is 5.73. The first-order chi connectivity index (χ1) is 14.9. The van der Waals surface area contributed by atoms with Gasteiger partial charge in [0.15, 0.2) is 0 Å². The maximum atomic E-state index is 12.7. The Kier molecular flexibility index (Phi) is 7.30. The summed E-state index contributed by atoms with van der Waals surface area (Å²) < 4.78 is 10.00. The van der Waals surface area contributed by atoms with Crippen LogP contribution in [0.15, 0.2) is 48.5 Å². The van der Waals surface area contributed by atoms with Crippen LogP contribution in [0.3, 0.4) is 0 Å². The molecule has 1 heterocycles. The van der Waals surface area contributed by atoms with E-state index in [9.17, 15) is 19.2 Å². The summed E-state index contributed by atoms with van der Waals surface area (Å²) in [6.45, 7) is 1.97. The standard InChI is InChI=1S/C22H22N2O6S/c1-3-30-22(28)14-4-8-16(9-5-14)24-20(26)12-18(21(24)27)31-13-19(25)23-15-6-10-17(29-2)11-7-15/h4-11,18H,3,12-13H2,1-2H3,(H,23,25). The molecule has 3 rings (SSSR count). The summed E-state index contributed by atoms with van der Waals surface area (Å²) >= 11 is 1.12. The van der Waals surface area contributed by atoms with Crippen molar-refractivity contribution in [3.8, 4) is 5.75 Å². The van der Waals surface area contributed by atoms with E-state index in [-0.39, 0.29) is 36.5 Å². The summed E-state index contributed by atoms with van der Waals surface area (Å²) in [5.74, 6) is -0.751. The normalized spacial score (nSPS) is 15.7. The van der Waals surface area contributed by atoms with E-state index in [1.165, 1.54) is 24.3 Å². The molecule has 162 valence electrons. The van der Waals surface area contributed by atoms with Gasteiger partial charge in [-0.3, -0.25) is 14.4 Å². The lowest BCUT2D eigenvalue weighted by Crippen LogP contribution is -2.31. The van der Waals surface area contributed by atoms with Crippen molar-refractivity contribution >= 4 is 46.8 Å². The van der Waals surface area contributed by atoms with Crippen molar-refractivity contribution in [2.45, 2.75) is 18.6 Å². The van der Waals surface area contributed by atoms with E-state index in [4.69, 9.17) is 9.47 Å². The Hall–Kier alpha value is -3.33.